The summed E-state index contributed by atoms with van der Waals surface area (Å²) in [7, 11) is 1.10. The van der Waals surface area contributed by atoms with Crippen LogP contribution in [0, 0.1) is 0 Å². The second kappa shape index (κ2) is 8.15. The number of aldehydes is 1. The van der Waals surface area contributed by atoms with E-state index in [9.17, 15) is 31.5 Å². The first kappa shape index (κ1) is 20.3. The van der Waals surface area contributed by atoms with Gasteiger partial charge in [-0.05, 0) is 35.9 Å². The van der Waals surface area contributed by atoms with Crippen molar-refractivity contribution in [2.45, 2.75) is 19.2 Å². The first-order chi connectivity index (χ1) is 12.7. The van der Waals surface area contributed by atoms with E-state index in [1.165, 1.54) is 18.2 Å². The summed E-state index contributed by atoms with van der Waals surface area (Å²) in [5.41, 5.74) is -2.16. The molecule has 0 amide bonds. The highest BCUT2D eigenvalue weighted by molar-refractivity contribution is 5.94. The number of methoxy groups -OCH3 is 1. The van der Waals surface area contributed by atoms with Crippen molar-refractivity contribution in [3.05, 3.63) is 64.2 Å². The van der Waals surface area contributed by atoms with E-state index in [4.69, 9.17) is 4.74 Å². The van der Waals surface area contributed by atoms with Crippen LogP contribution in [0.3, 0.4) is 0 Å². The molecule has 2 aromatic carbocycles. The topological polar surface area (TPSA) is 52.6 Å². The maximum atomic E-state index is 13.1. The first-order valence-corrected chi connectivity index (χ1v) is 7.46. The second-order valence-corrected chi connectivity index (χ2v) is 5.37. The Morgan fingerprint density at radius 3 is 2.41 bits per heavy atom. The van der Waals surface area contributed by atoms with Gasteiger partial charge in [-0.3, -0.25) is 4.79 Å². The number of halogens is 5. The Bertz CT molecular complexity index is 846. The van der Waals surface area contributed by atoms with E-state index in [0.29, 0.717) is 18.4 Å². The summed E-state index contributed by atoms with van der Waals surface area (Å²) in [4.78, 5) is 22.6. The molecule has 4 nitrogen and oxygen atoms in total. The van der Waals surface area contributed by atoms with Crippen molar-refractivity contribution in [3.8, 4) is 5.75 Å². The largest absolute Gasteiger partial charge is 0.488 e. The zero-order chi connectivity index (χ0) is 20.2. The average molecular weight is 388 g/mol. The van der Waals surface area contributed by atoms with Gasteiger partial charge in [-0.15, -0.1) is 0 Å². The van der Waals surface area contributed by atoms with Gasteiger partial charge in [-0.25, -0.2) is 13.6 Å². The fourth-order valence-corrected chi connectivity index (χ4v) is 2.28. The van der Waals surface area contributed by atoms with E-state index in [2.05, 4.69) is 4.74 Å². The smallest absolute Gasteiger partial charge is 0.416 e. The van der Waals surface area contributed by atoms with E-state index in [0.717, 1.165) is 13.2 Å². The van der Waals surface area contributed by atoms with E-state index in [1.807, 2.05) is 0 Å². The Balaban J connectivity index is 2.34. The van der Waals surface area contributed by atoms with E-state index >= 15 is 0 Å². The number of hydrogen-bond donors (Lipinski definition) is 0. The summed E-state index contributed by atoms with van der Waals surface area (Å²) >= 11 is 0. The summed E-state index contributed by atoms with van der Waals surface area (Å²) in [6, 6.07) is 5.70. The van der Waals surface area contributed by atoms with Gasteiger partial charge in [0.1, 0.15) is 24.2 Å². The lowest BCUT2D eigenvalue weighted by molar-refractivity contribution is -0.137. The minimum Gasteiger partial charge on any atom is -0.488 e. The molecule has 2 aromatic rings. The number of carbonyl (C=O) groups excluding carboxylic acids is 2. The van der Waals surface area contributed by atoms with Crippen molar-refractivity contribution in [2.24, 2.45) is 0 Å². The summed E-state index contributed by atoms with van der Waals surface area (Å²) in [5.74, 6) is -0.886. The van der Waals surface area contributed by atoms with Crippen LogP contribution in [0.1, 0.15) is 43.8 Å². The van der Waals surface area contributed by atoms with E-state index in [1.54, 1.807) is 0 Å². The second-order valence-electron chi connectivity index (χ2n) is 5.37. The molecule has 144 valence electrons. The summed E-state index contributed by atoms with van der Waals surface area (Å²) in [6.07, 6.45) is -7.42. The molecule has 0 aliphatic heterocycles. The van der Waals surface area contributed by atoms with Gasteiger partial charge in [-0.1, -0.05) is 6.07 Å². The lowest BCUT2D eigenvalue weighted by Gasteiger charge is -2.15. The lowest BCUT2D eigenvalue weighted by atomic mass is 10.0. The highest BCUT2D eigenvalue weighted by Gasteiger charge is 2.32. The van der Waals surface area contributed by atoms with Crippen LogP contribution in [-0.2, 0) is 17.5 Å². The van der Waals surface area contributed by atoms with Crippen LogP contribution in [0.4, 0.5) is 22.0 Å². The highest BCUT2D eigenvalue weighted by Crippen LogP contribution is 2.34. The first-order valence-electron chi connectivity index (χ1n) is 7.46. The Labute approximate surface area is 150 Å². The normalized spacial score (nSPS) is 11.4. The zero-order valence-electron chi connectivity index (χ0n) is 13.8. The van der Waals surface area contributed by atoms with Crippen molar-refractivity contribution < 1.29 is 41.0 Å². The van der Waals surface area contributed by atoms with Crippen LogP contribution in [0.15, 0.2) is 36.4 Å². The van der Waals surface area contributed by atoms with Crippen molar-refractivity contribution in [1.29, 1.82) is 0 Å². The van der Waals surface area contributed by atoms with Crippen LogP contribution in [-0.4, -0.2) is 19.4 Å². The van der Waals surface area contributed by atoms with Crippen LogP contribution in [0.25, 0.3) is 0 Å². The Morgan fingerprint density at radius 1 is 1.15 bits per heavy atom. The molecule has 0 atom stereocenters. The molecule has 0 bridgehead atoms. The number of carbonyl (C=O) groups is 2. The predicted octanol–water partition coefficient (Wildman–Crippen LogP) is 4.82. The summed E-state index contributed by atoms with van der Waals surface area (Å²) < 4.78 is 74.3. The molecule has 9 heteroatoms. The predicted molar refractivity (Wildman–Crippen MR) is 83.9 cm³/mol. The third-order valence-corrected chi connectivity index (χ3v) is 3.64. The van der Waals surface area contributed by atoms with Gasteiger partial charge in [0.2, 0.25) is 0 Å². The van der Waals surface area contributed by atoms with Gasteiger partial charge in [0.05, 0.1) is 12.7 Å². The molecular formula is C18H13F5O4. The molecule has 0 unspecified atom stereocenters. The molecular weight excluding hydrogens is 375 g/mol. The molecule has 0 spiro atoms. The number of benzene rings is 2. The molecule has 0 N–H and O–H groups in total. The number of hydrogen-bond acceptors (Lipinski definition) is 4. The molecule has 0 saturated heterocycles. The van der Waals surface area contributed by atoms with Gasteiger partial charge in [-0.2, -0.15) is 13.2 Å². The monoisotopic (exact) mass is 388 g/mol. The highest BCUT2D eigenvalue weighted by atomic mass is 19.4. The van der Waals surface area contributed by atoms with Crippen LogP contribution in [0.2, 0.25) is 0 Å². The molecule has 0 radical (unpaired) electrons. The fraction of sp³-hybridized carbons (Fsp3) is 0.222. The van der Waals surface area contributed by atoms with Crippen molar-refractivity contribution in [3.63, 3.8) is 0 Å². The third-order valence-electron chi connectivity index (χ3n) is 3.64. The van der Waals surface area contributed by atoms with Crippen molar-refractivity contribution in [1.82, 2.24) is 0 Å². The molecule has 0 saturated carbocycles. The Morgan fingerprint density at radius 2 is 1.85 bits per heavy atom. The molecule has 0 heterocycles. The molecule has 27 heavy (non-hydrogen) atoms. The third kappa shape index (κ3) is 4.81. The van der Waals surface area contributed by atoms with E-state index in [-0.39, 0.29) is 22.4 Å². The Hall–Kier alpha value is -2.97. The van der Waals surface area contributed by atoms with Gasteiger partial charge in [0.15, 0.2) is 0 Å². The van der Waals surface area contributed by atoms with Gasteiger partial charge in [0, 0.05) is 11.1 Å². The lowest BCUT2D eigenvalue weighted by Crippen LogP contribution is -2.10. The van der Waals surface area contributed by atoms with Crippen LogP contribution in [0.5, 0.6) is 5.75 Å². The SMILES string of the molecule is COC(=O)c1cc(C=O)ccc1OCc1ccc(C(F)(F)F)cc1C(F)F. The van der Waals surface area contributed by atoms with Gasteiger partial charge < -0.3 is 9.47 Å². The van der Waals surface area contributed by atoms with Gasteiger partial charge in [0.25, 0.3) is 6.43 Å². The summed E-state index contributed by atoms with van der Waals surface area (Å²) in [5, 5.41) is 0. The summed E-state index contributed by atoms with van der Waals surface area (Å²) in [6.45, 7) is -0.512. The number of alkyl halides is 5. The van der Waals surface area contributed by atoms with Gasteiger partial charge >= 0.3 is 12.1 Å². The maximum absolute atomic E-state index is 13.1. The number of esters is 1. The molecule has 0 aliphatic carbocycles. The minimum absolute atomic E-state index is 0.0624. The molecule has 0 aliphatic rings. The fourth-order valence-electron chi connectivity index (χ4n) is 2.28. The minimum atomic E-state index is -4.76. The Kier molecular flexibility index (Phi) is 6.14. The number of ether oxygens (including phenoxy) is 2. The average Bonchev–Trinajstić information content (AvgIpc) is 2.64. The van der Waals surface area contributed by atoms with Crippen molar-refractivity contribution >= 4 is 12.3 Å². The van der Waals surface area contributed by atoms with E-state index < -0.39 is 36.3 Å². The van der Waals surface area contributed by atoms with Crippen LogP contribution < -0.4 is 4.74 Å². The van der Waals surface area contributed by atoms with Crippen molar-refractivity contribution in [2.75, 3.05) is 7.11 Å². The molecule has 0 fully saturated rings. The number of rotatable bonds is 6. The zero-order valence-corrected chi connectivity index (χ0v) is 13.8. The molecule has 2 rings (SSSR count). The standard InChI is InChI=1S/C18H13F5O4/c1-26-17(25)14-6-10(8-24)2-5-15(14)27-9-11-3-4-12(18(21,22)23)7-13(11)16(19)20/h2-8,16H,9H2,1H3. The molecule has 0 aromatic heterocycles. The maximum Gasteiger partial charge on any atom is 0.416 e. The quantitative estimate of drug-likeness (QED) is 0.404. The van der Waals surface area contributed by atoms with Crippen LogP contribution >= 0.6 is 0 Å².